The Morgan fingerprint density at radius 3 is 2.39 bits per heavy atom. The Morgan fingerprint density at radius 2 is 1.89 bits per heavy atom. The van der Waals surface area contributed by atoms with Gasteiger partial charge < -0.3 is 5.73 Å². The third-order valence-corrected chi connectivity index (χ3v) is 3.46. The number of hydrogen-bond donors (Lipinski definition) is 2. The average molecular weight is 286 g/mol. The molecule has 0 unspecified atom stereocenters. The molecule has 18 heavy (non-hydrogen) atoms. The fourth-order valence-corrected chi connectivity index (χ4v) is 2.31. The second-order valence-electron chi connectivity index (χ2n) is 3.33. The molecule has 0 aliphatic rings. The second-order valence-corrected chi connectivity index (χ2v) is 5.06. The molecule has 0 aliphatic heterocycles. The van der Waals surface area contributed by atoms with E-state index in [0.29, 0.717) is 12.1 Å². The van der Waals surface area contributed by atoms with Gasteiger partial charge in [-0.25, -0.2) is 17.5 Å². The zero-order valence-corrected chi connectivity index (χ0v) is 9.78. The highest BCUT2D eigenvalue weighted by Gasteiger charge is 2.32. The quantitative estimate of drug-likeness (QED) is 0.814. The predicted molar refractivity (Wildman–Crippen MR) is 55.6 cm³/mol. The molecule has 1 aromatic rings. The Kier molecular flexibility index (Phi) is 4.30. The molecule has 0 saturated heterocycles. The third kappa shape index (κ3) is 3.40. The molecule has 0 atom stereocenters. The predicted octanol–water partition coefficient (Wildman–Crippen LogP) is 1.08. The van der Waals surface area contributed by atoms with Crippen LogP contribution in [0.4, 0.5) is 17.6 Å². The number of nitrogens with one attached hydrogen (secondary N) is 1. The highest BCUT2D eigenvalue weighted by molar-refractivity contribution is 7.89. The maximum absolute atomic E-state index is 13.3. The summed E-state index contributed by atoms with van der Waals surface area (Å²) in [6.07, 6.45) is -4.74. The van der Waals surface area contributed by atoms with E-state index < -0.39 is 32.5 Å². The SMILES string of the molecule is NCCNS(=O)(=O)c1cc(C(F)(F)F)ccc1F. The van der Waals surface area contributed by atoms with E-state index >= 15 is 0 Å². The van der Waals surface area contributed by atoms with Crippen LogP contribution in [-0.4, -0.2) is 21.5 Å². The Labute approximate surface area is 101 Å². The van der Waals surface area contributed by atoms with Gasteiger partial charge in [-0.3, -0.25) is 0 Å². The molecular formula is C9H10F4N2O2S. The monoisotopic (exact) mass is 286 g/mol. The first-order chi connectivity index (χ1) is 8.18. The van der Waals surface area contributed by atoms with Gasteiger partial charge in [0.05, 0.1) is 5.56 Å². The van der Waals surface area contributed by atoms with Crippen LogP contribution in [0.25, 0.3) is 0 Å². The van der Waals surface area contributed by atoms with Crippen molar-refractivity contribution in [2.75, 3.05) is 13.1 Å². The Hall–Kier alpha value is -1.19. The van der Waals surface area contributed by atoms with Crippen LogP contribution < -0.4 is 10.5 Å². The molecule has 0 radical (unpaired) electrons. The van der Waals surface area contributed by atoms with Gasteiger partial charge in [-0.1, -0.05) is 0 Å². The van der Waals surface area contributed by atoms with Crippen molar-refractivity contribution < 1.29 is 26.0 Å². The van der Waals surface area contributed by atoms with E-state index in [0.717, 1.165) is 0 Å². The van der Waals surface area contributed by atoms with E-state index in [1.807, 2.05) is 4.72 Å². The van der Waals surface area contributed by atoms with Gasteiger partial charge >= 0.3 is 6.18 Å². The molecule has 0 aliphatic carbocycles. The van der Waals surface area contributed by atoms with Crippen LogP contribution in [0, 0.1) is 5.82 Å². The molecule has 1 rings (SSSR count). The minimum atomic E-state index is -4.74. The van der Waals surface area contributed by atoms with E-state index in [1.165, 1.54) is 0 Å². The lowest BCUT2D eigenvalue weighted by atomic mass is 10.2. The van der Waals surface area contributed by atoms with E-state index in [-0.39, 0.29) is 19.2 Å². The van der Waals surface area contributed by atoms with Crippen molar-refractivity contribution in [2.45, 2.75) is 11.1 Å². The first-order valence-corrected chi connectivity index (χ1v) is 6.23. The Bertz CT molecular complexity index is 528. The number of nitrogens with two attached hydrogens (primary N) is 1. The number of rotatable bonds is 4. The molecule has 102 valence electrons. The van der Waals surface area contributed by atoms with Crippen LogP contribution in [0.3, 0.4) is 0 Å². The molecular weight excluding hydrogens is 276 g/mol. The highest BCUT2D eigenvalue weighted by atomic mass is 32.2. The minimum absolute atomic E-state index is 0.0557. The van der Waals surface area contributed by atoms with E-state index in [2.05, 4.69) is 0 Å². The van der Waals surface area contributed by atoms with Gasteiger partial charge in [0, 0.05) is 13.1 Å². The molecule has 0 aromatic heterocycles. The van der Waals surface area contributed by atoms with Gasteiger partial charge in [0.1, 0.15) is 10.7 Å². The van der Waals surface area contributed by atoms with Crippen molar-refractivity contribution >= 4 is 10.0 Å². The van der Waals surface area contributed by atoms with E-state index in [9.17, 15) is 26.0 Å². The molecule has 0 saturated carbocycles. The summed E-state index contributed by atoms with van der Waals surface area (Å²) in [5.41, 5.74) is 3.81. The van der Waals surface area contributed by atoms with Crippen molar-refractivity contribution in [3.05, 3.63) is 29.6 Å². The van der Waals surface area contributed by atoms with Crippen molar-refractivity contribution in [1.29, 1.82) is 0 Å². The summed E-state index contributed by atoms with van der Waals surface area (Å²) in [5, 5.41) is 0. The standard InChI is InChI=1S/C9H10F4N2O2S/c10-7-2-1-6(9(11,12)13)5-8(7)18(16,17)15-4-3-14/h1-2,5,15H,3-4,14H2. The fourth-order valence-electron chi connectivity index (χ4n) is 1.16. The first kappa shape index (κ1) is 14.9. The fraction of sp³-hybridized carbons (Fsp3) is 0.333. The summed E-state index contributed by atoms with van der Waals surface area (Å²) >= 11 is 0. The molecule has 9 heteroatoms. The van der Waals surface area contributed by atoms with Gasteiger partial charge in [0.2, 0.25) is 10.0 Å². The number of alkyl halides is 3. The zero-order valence-electron chi connectivity index (χ0n) is 8.96. The average Bonchev–Trinajstić information content (AvgIpc) is 2.25. The van der Waals surface area contributed by atoms with Crippen LogP contribution in [0.5, 0.6) is 0 Å². The third-order valence-electron chi connectivity index (χ3n) is 1.98. The van der Waals surface area contributed by atoms with Gasteiger partial charge in [0.15, 0.2) is 0 Å². The van der Waals surface area contributed by atoms with Crippen LogP contribution in [0.2, 0.25) is 0 Å². The zero-order chi connectivity index (χ0) is 14.0. The maximum atomic E-state index is 13.3. The maximum Gasteiger partial charge on any atom is 0.416 e. The largest absolute Gasteiger partial charge is 0.416 e. The summed E-state index contributed by atoms with van der Waals surface area (Å²) in [6, 6.07) is 1.17. The molecule has 0 amide bonds. The highest BCUT2D eigenvalue weighted by Crippen LogP contribution is 2.31. The lowest BCUT2D eigenvalue weighted by Gasteiger charge is -2.10. The molecule has 3 N–H and O–H groups in total. The van der Waals surface area contributed by atoms with Gasteiger partial charge in [-0.2, -0.15) is 13.2 Å². The van der Waals surface area contributed by atoms with Crippen LogP contribution in [0.15, 0.2) is 23.1 Å². The van der Waals surface area contributed by atoms with Gasteiger partial charge in [0.25, 0.3) is 0 Å². The molecule has 1 aromatic carbocycles. The molecule has 4 nitrogen and oxygen atoms in total. The van der Waals surface area contributed by atoms with Crippen molar-refractivity contribution in [3.8, 4) is 0 Å². The molecule has 0 fully saturated rings. The van der Waals surface area contributed by atoms with Crippen LogP contribution in [-0.2, 0) is 16.2 Å². The van der Waals surface area contributed by atoms with Crippen molar-refractivity contribution in [1.82, 2.24) is 4.72 Å². The van der Waals surface area contributed by atoms with E-state index in [4.69, 9.17) is 5.73 Å². The number of halogens is 4. The van der Waals surface area contributed by atoms with Gasteiger partial charge in [-0.15, -0.1) is 0 Å². The number of benzene rings is 1. The van der Waals surface area contributed by atoms with Crippen molar-refractivity contribution in [2.24, 2.45) is 5.73 Å². The van der Waals surface area contributed by atoms with Crippen molar-refractivity contribution in [3.63, 3.8) is 0 Å². The normalized spacial score (nSPS) is 12.7. The lowest BCUT2D eigenvalue weighted by molar-refractivity contribution is -0.137. The molecule has 0 bridgehead atoms. The Morgan fingerprint density at radius 1 is 1.28 bits per heavy atom. The summed E-state index contributed by atoms with van der Waals surface area (Å²) in [5.74, 6) is -1.26. The Balaban J connectivity index is 3.24. The first-order valence-electron chi connectivity index (χ1n) is 4.75. The smallest absolute Gasteiger partial charge is 0.329 e. The summed E-state index contributed by atoms with van der Waals surface area (Å²) in [4.78, 5) is -1.05. The minimum Gasteiger partial charge on any atom is -0.329 e. The summed E-state index contributed by atoms with van der Waals surface area (Å²) < 4.78 is 75.3. The molecule has 0 spiro atoms. The lowest BCUT2D eigenvalue weighted by Crippen LogP contribution is -2.30. The number of hydrogen-bond acceptors (Lipinski definition) is 3. The van der Waals surface area contributed by atoms with Gasteiger partial charge in [-0.05, 0) is 18.2 Å². The molecule has 0 heterocycles. The van der Waals surface area contributed by atoms with Crippen LogP contribution in [0.1, 0.15) is 5.56 Å². The second kappa shape index (κ2) is 5.21. The number of sulfonamides is 1. The van der Waals surface area contributed by atoms with Crippen LogP contribution >= 0.6 is 0 Å². The topological polar surface area (TPSA) is 72.2 Å². The van der Waals surface area contributed by atoms with E-state index in [1.54, 1.807) is 0 Å². The summed E-state index contributed by atoms with van der Waals surface area (Å²) in [7, 11) is -4.34. The summed E-state index contributed by atoms with van der Waals surface area (Å²) in [6.45, 7) is -0.252.